The Kier molecular flexibility index (Phi) is 5.69. The highest BCUT2D eigenvalue weighted by Gasteiger charge is 2.23. The molecule has 1 saturated heterocycles. The van der Waals surface area contributed by atoms with Crippen molar-refractivity contribution >= 4 is 5.91 Å². The van der Waals surface area contributed by atoms with E-state index in [-0.39, 0.29) is 11.8 Å². The molecule has 0 saturated carbocycles. The number of amides is 1. The monoisotopic (exact) mass is 212 g/mol. The summed E-state index contributed by atoms with van der Waals surface area (Å²) in [4.78, 5) is 13.5. The van der Waals surface area contributed by atoms with Crippen LogP contribution in [0, 0.1) is 5.92 Å². The second kappa shape index (κ2) is 6.83. The number of rotatable bonds is 6. The summed E-state index contributed by atoms with van der Waals surface area (Å²) in [7, 11) is 0. The first-order valence-corrected chi connectivity index (χ1v) is 6.25. The minimum absolute atomic E-state index is 0.102. The van der Waals surface area contributed by atoms with Crippen LogP contribution < -0.4 is 5.73 Å². The van der Waals surface area contributed by atoms with Crippen LogP contribution in [0.3, 0.4) is 0 Å². The van der Waals surface area contributed by atoms with Gasteiger partial charge in [0.1, 0.15) is 0 Å². The number of carbonyl (C=O) groups excluding carboxylic acids is 1. The van der Waals surface area contributed by atoms with Crippen LogP contribution in [-0.4, -0.2) is 30.4 Å². The van der Waals surface area contributed by atoms with Gasteiger partial charge in [-0.05, 0) is 32.4 Å². The Morgan fingerprint density at radius 2 is 2.20 bits per heavy atom. The van der Waals surface area contributed by atoms with Gasteiger partial charge in [-0.25, -0.2) is 0 Å². The summed E-state index contributed by atoms with van der Waals surface area (Å²) in [5, 5.41) is 0. The van der Waals surface area contributed by atoms with Crippen molar-refractivity contribution in [2.24, 2.45) is 11.7 Å². The summed E-state index contributed by atoms with van der Waals surface area (Å²) in [6.45, 7) is 5.41. The molecule has 0 bridgehead atoms. The zero-order valence-corrected chi connectivity index (χ0v) is 9.87. The van der Waals surface area contributed by atoms with Gasteiger partial charge in [0, 0.05) is 6.54 Å². The summed E-state index contributed by atoms with van der Waals surface area (Å²) in [5.74, 6) is -0.0156. The van der Waals surface area contributed by atoms with Gasteiger partial charge >= 0.3 is 0 Å². The zero-order valence-electron chi connectivity index (χ0n) is 9.87. The molecule has 15 heavy (non-hydrogen) atoms. The molecule has 88 valence electrons. The zero-order chi connectivity index (χ0) is 11.1. The molecule has 0 aromatic rings. The molecular weight excluding hydrogens is 188 g/mol. The summed E-state index contributed by atoms with van der Waals surface area (Å²) < 4.78 is 0. The van der Waals surface area contributed by atoms with Gasteiger partial charge in [-0.1, -0.05) is 26.2 Å². The summed E-state index contributed by atoms with van der Waals surface area (Å²) in [6, 6.07) is 0. The van der Waals surface area contributed by atoms with E-state index >= 15 is 0 Å². The Morgan fingerprint density at radius 3 is 2.87 bits per heavy atom. The van der Waals surface area contributed by atoms with Gasteiger partial charge in [0.25, 0.3) is 0 Å². The number of carbonyl (C=O) groups is 1. The molecule has 1 amide bonds. The highest BCUT2D eigenvalue weighted by atomic mass is 16.1. The molecule has 1 aliphatic heterocycles. The second-order valence-electron chi connectivity index (χ2n) is 4.60. The standard InChI is InChI=1S/C12H24N2O/c1-2-3-4-5-8-14-9-6-7-11(10-14)12(13)15/h11H,2-10H2,1H3,(H2,13,15). The fourth-order valence-electron chi connectivity index (χ4n) is 2.25. The van der Waals surface area contributed by atoms with Gasteiger partial charge in [-0.15, -0.1) is 0 Å². The number of nitrogens with two attached hydrogens (primary N) is 1. The quantitative estimate of drug-likeness (QED) is 0.682. The summed E-state index contributed by atoms with van der Waals surface area (Å²) >= 11 is 0. The van der Waals surface area contributed by atoms with Crippen molar-refractivity contribution < 1.29 is 4.79 Å². The minimum Gasteiger partial charge on any atom is -0.369 e. The van der Waals surface area contributed by atoms with E-state index in [1.54, 1.807) is 0 Å². The third kappa shape index (κ3) is 4.65. The van der Waals surface area contributed by atoms with Crippen molar-refractivity contribution in [3.05, 3.63) is 0 Å². The van der Waals surface area contributed by atoms with Crippen LogP contribution >= 0.6 is 0 Å². The van der Waals surface area contributed by atoms with Gasteiger partial charge in [0.2, 0.25) is 5.91 Å². The van der Waals surface area contributed by atoms with Gasteiger partial charge in [0.05, 0.1) is 5.92 Å². The largest absolute Gasteiger partial charge is 0.369 e. The normalized spacial score (nSPS) is 22.9. The molecule has 3 nitrogen and oxygen atoms in total. The Morgan fingerprint density at radius 1 is 1.40 bits per heavy atom. The molecule has 0 aromatic carbocycles. The molecule has 1 aliphatic rings. The molecule has 0 spiro atoms. The lowest BCUT2D eigenvalue weighted by atomic mass is 9.97. The number of hydrogen-bond acceptors (Lipinski definition) is 2. The topological polar surface area (TPSA) is 46.3 Å². The maximum absolute atomic E-state index is 11.1. The van der Waals surface area contributed by atoms with Crippen LogP contribution in [-0.2, 0) is 4.79 Å². The lowest BCUT2D eigenvalue weighted by Crippen LogP contribution is -2.41. The molecule has 1 fully saturated rings. The maximum atomic E-state index is 11.1. The highest BCUT2D eigenvalue weighted by molar-refractivity contribution is 5.76. The SMILES string of the molecule is CCCCCCN1CCCC(C(N)=O)C1. The maximum Gasteiger partial charge on any atom is 0.221 e. The third-order valence-corrected chi connectivity index (χ3v) is 3.24. The molecule has 0 radical (unpaired) electrons. The lowest BCUT2D eigenvalue weighted by molar-refractivity contribution is -0.123. The van der Waals surface area contributed by atoms with E-state index < -0.39 is 0 Å². The molecule has 1 rings (SSSR count). The van der Waals surface area contributed by atoms with Crippen molar-refractivity contribution in [1.29, 1.82) is 0 Å². The Hall–Kier alpha value is -0.570. The molecule has 1 unspecified atom stereocenters. The first kappa shape index (κ1) is 12.5. The van der Waals surface area contributed by atoms with E-state index in [1.807, 2.05) is 0 Å². The average molecular weight is 212 g/mol. The Balaban J connectivity index is 2.15. The smallest absolute Gasteiger partial charge is 0.221 e. The third-order valence-electron chi connectivity index (χ3n) is 3.24. The molecule has 1 atom stereocenters. The molecular formula is C12H24N2O. The highest BCUT2D eigenvalue weighted by Crippen LogP contribution is 2.16. The van der Waals surface area contributed by atoms with Crippen molar-refractivity contribution in [3.8, 4) is 0 Å². The molecule has 1 heterocycles. The summed E-state index contributed by atoms with van der Waals surface area (Å²) in [6.07, 6.45) is 7.30. The number of nitrogens with zero attached hydrogens (tertiary/aromatic N) is 1. The van der Waals surface area contributed by atoms with Crippen molar-refractivity contribution in [3.63, 3.8) is 0 Å². The number of piperidine rings is 1. The average Bonchev–Trinajstić information content (AvgIpc) is 2.25. The van der Waals surface area contributed by atoms with Crippen LogP contribution in [0.1, 0.15) is 45.4 Å². The Labute approximate surface area is 93.0 Å². The van der Waals surface area contributed by atoms with Crippen molar-refractivity contribution in [2.75, 3.05) is 19.6 Å². The first-order chi connectivity index (χ1) is 7.24. The van der Waals surface area contributed by atoms with E-state index in [0.717, 1.165) is 32.5 Å². The number of hydrogen-bond donors (Lipinski definition) is 1. The lowest BCUT2D eigenvalue weighted by Gasteiger charge is -2.31. The molecule has 0 aromatic heterocycles. The number of primary amides is 1. The van der Waals surface area contributed by atoms with E-state index in [2.05, 4.69) is 11.8 Å². The molecule has 0 aliphatic carbocycles. The molecule has 3 heteroatoms. The van der Waals surface area contributed by atoms with Crippen LogP contribution in [0.15, 0.2) is 0 Å². The van der Waals surface area contributed by atoms with E-state index in [9.17, 15) is 4.79 Å². The van der Waals surface area contributed by atoms with Crippen molar-refractivity contribution in [2.45, 2.75) is 45.4 Å². The van der Waals surface area contributed by atoms with Crippen LogP contribution in [0.25, 0.3) is 0 Å². The van der Waals surface area contributed by atoms with Crippen LogP contribution in [0.5, 0.6) is 0 Å². The number of likely N-dealkylation sites (tertiary alicyclic amines) is 1. The second-order valence-corrected chi connectivity index (χ2v) is 4.60. The minimum atomic E-state index is -0.117. The van der Waals surface area contributed by atoms with E-state index in [0.29, 0.717) is 0 Å². The van der Waals surface area contributed by atoms with Gasteiger partial charge in [0.15, 0.2) is 0 Å². The van der Waals surface area contributed by atoms with Crippen molar-refractivity contribution in [1.82, 2.24) is 4.90 Å². The predicted octanol–water partition coefficient (Wildman–Crippen LogP) is 1.76. The van der Waals surface area contributed by atoms with E-state index in [4.69, 9.17) is 5.73 Å². The van der Waals surface area contributed by atoms with E-state index in [1.165, 1.54) is 25.7 Å². The van der Waals surface area contributed by atoms with Crippen LogP contribution in [0.4, 0.5) is 0 Å². The van der Waals surface area contributed by atoms with Gasteiger partial charge < -0.3 is 10.6 Å². The summed E-state index contributed by atoms with van der Waals surface area (Å²) in [5.41, 5.74) is 5.34. The number of unbranched alkanes of at least 4 members (excludes halogenated alkanes) is 3. The van der Waals surface area contributed by atoms with Gasteiger partial charge in [-0.3, -0.25) is 4.79 Å². The van der Waals surface area contributed by atoms with Crippen LogP contribution in [0.2, 0.25) is 0 Å². The Bertz CT molecular complexity index is 194. The molecule has 2 N–H and O–H groups in total. The predicted molar refractivity (Wildman–Crippen MR) is 62.5 cm³/mol. The first-order valence-electron chi connectivity index (χ1n) is 6.25. The van der Waals surface area contributed by atoms with Gasteiger partial charge in [-0.2, -0.15) is 0 Å². The fraction of sp³-hybridized carbons (Fsp3) is 0.917. The fourth-order valence-corrected chi connectivity index (χ4v) is 2.25.